The smallest absolute Gasteiger partial charge is 0.349 e. The quantitative estimate of drug-likeness (QED) is 0.197. The Balaban J connectivity index is 1.51. The summed E-state index contributed by atoms with van der Waals surface area (Å²) in [6, 6.07) is 22.4. The zero-order valence-corrected chi connectivity index (χ0v) is 20.7. The molecule has 0 saturated heterocycles. The largest absolute Gasteiger partial charge is 0.492 e. The third-order valence-corrected chi connectivity index (χ3v) is 7.13. The molecule has 0 aliphatic rings. The van der Waals surface area contributed by atoms with Crippen molar-refractivity contribution in [2.75, 3.05) is 11.5 Å². The molecule has 0 N–H and O–H groups in total. The maximum Gasteiger partial charge on any atom is 0.349 e. The topological polar surface area (TPSA) is 85.5 Å². The number of para-hydroxylation sites is 1. The fourth-order valence-electron chi connectivity index (χ4n) is 4.37. The number of pyridine rings is 1. The first kappa shape index (κ1) is 22.9. The Kier molecular flexibility index (Phi) is 5.86. The van der Waals surface area contributed by atoms with Crippen LogP contribution < -0.4 is 15.3 Å². The van der Waals surface area contributed by atoms with Gasteiger partial charge in [0.1, 0.15) is 22.4 Å². The van der Waals surface area contributed by atoms with Crippen molar-refractivity contribution in [1.29, 1.82) is 0 Å². The Labute approximate surface area is 215 Å². The molecular weight excluding hydrogens is 486 g/mol. The Hall–Kier alpha value is -4.56. The van der Waals surface area contributed by atoms with E-state index >= 15 is 0 Å². The number of nitrogens with zero attached hydrogens (tertiary/aromatic N) is 3. The highest BCUT2D eigenvalue weighted by molar-refractivity contribution is 7.22. The third-order valence-electron chi connectivity index (χ3n) is 6.08. The molecule has 1 amide bonds. The molecule has 0 spiro atoms. The van der Waals surface area contributed by atoms with Crippen molar-refractivity contribution in [3.05, 3.63) is 107 Å². The summed E-state index contributed by atoms with van der Waals surface area (Å²) in [5, 5.41) is 3.04. The van der Waals surface area contributed by atoms with Gasteiger partial charge >= 0.3 is 5.63 Å². The standard InChI is InChI=1S/C29H21N3O4S/c1-2-35-24-10-5-11-25-26(24)31-29(37-25)32(17-18-7-6-14-30-16-18)27(33)22-15-21-20-9-4-3-8-19(20)12-13-23(21)36-28(22)34/h3-16H,2,17H2,1H3. The van der Waals surface area contributed by atoms with Gasteiger partial charge in [-0.1, -0.05) is 53.8 Å². The SMILES string of the molecule is CCOc1cccc2sc(N(Cc3cccnc3)C(=O)c3cc4c(ccc5ccccc54)oc3=O)nc12. The Morgan fingerprint density at radius 3 is 2.76 bits per heavy atom. The zero-order valence-electron chi connectivity index (χ0n) is 19.9. The van der Waals surface area contributed by atoms with E-state index in [1.54, 1.807) is 30.6 Å². The Morgan fingerprint density at radius 1 is 1.03 bits per heavy atom. The molecule has 3 aromatic carbocycles. The van der Waals surface area contributed by atoms with Crippen LogP contribution in [-0.2, 0) is 6.54 Å². The second-order valence-electron chi connectivity index (χ2n) is 8.43. The minimum Gasteiger partial charge on any atom is -0.492 e. The lowest BCUT2D eigenvalue weighted by molar-refractivity contribution is 0.0981. The van der Waals surface area contributed by atoms with E-state index in [0.717, 1.165) is 21.0 Å². The summed E-state index contributed by atoms with van der Waals surface area (Å²) < 4.78 is 12.2. The lowest BCUT2D eigenvalue weighted by Gasteiger charge is -2.19. The minimum atomic E-state index is -0.694. The lowest BCUT2D eigenvalue weighted by Crippen LogP contribution is -2.33. The first-order valence-corrected chi connectivity index (χ1v) is 12.6. The fraction of sp³-hybridized carbons (Fsp3) is 0.103. The monoisotopic (exact) mass is 507 g/mol. The van der Waals surface area contributed by atoms with Gasteiger partial charge in [0.05, 0.1) is 17.9 Å². The molecule has 0 fully saturated rings. The van der Waals surface area contributed by atoms with E-state index in [1.807, 2.05) is 61.5 Å². The van der Waals surface area contributed by atoms with E-state index in [0.29, 0.717) is 34.0 Å². The van der Waals surface area contributed by atoms with Crippen LogP contribution in [0.3, 0.4) is 0 Å². The number of anilines is 1. The summed E-state index contributed by atoms with van der Waals surface area (Å²) in [5.74, 6) is 0.150. The molecule has 3 heterocycles. The molecule has 6 rings (SSSR count). The predicted octanol–water partition coefficient (Wildman–Crippen LogP) is 6.20. The highest BCUT2D eigenvalue weighted by Crippen LogP contribution is 2.35. The van der Waals surface area contributed by atoms with E-state index in [9.17, 15) is 9.59 Å². The van der Waals surface area contributed by atoms with Crippen LogP contribution in [-0.4, -0.2) is 22.5 Å². The van der Waals surface area contributed by atoms with Crippen LogP contribution in [0.4, 0.5) is 5.13 Å². The van der Waals surface area contributed by atoms with Crippen molar-refractivity contribution >= 4 is 54.3 Å². The number of hydrogen-bond acceptors (Lipinski definition) is 7. The number of thiazole rings is 1. The average molecular weight is 508 g/mol. The van der Waals surface area contributed by atoms with Crippen molar-refractivity contribution in [3.63, 3.8) is 0 Å². The number of aromatic nitrogens is 2. The first-order chi connectivity index (χ1) is 18.1. The molecule has 0 aliphatic heterocycles. The van der Waals surface area contributed by atoms with Crippen molar-refractivity contribution < 1.29 is 13.9 Å². The molecule has 0 atom stereocenters. The molecule has 0 aliphatic carbocycles. The van der Waals surface area contributed by atoms with Gasteiger partial charge < -0.3 is 9.15 Å². The van der Waals surface area contributed by atoms with E-state index in [2.05, 4.69) is 4.98 Å². The predicted molar refractivity (Wildman–Crippen MR) is 146 cm³/mol. The van der Waals surface area contributed by atoms with Crippen LogP contribution in [0.25, 0.3) is 32.0 Å². The first-order valence-electron chi connectivity index (χ1n) is 11.8. The lowest BCUT2D eigenvalue weighted by atomic mass is 10.0. The molecule has 37 heavy (non-hydrogen) atoms. The number of fused-ring (bicyclic) bond motifs is 4. The molecule has 3 aromatic heterocycles. The molecule has 7 nitrogen and oxygen atoms in total. The number of carbonyl (C=O) groups excluding carboxylic acids is 1. The van der Waals surface area contributed by atoms with Gasteiger partial charge in [0, 0.05) is 17.8 Å². The molecule has 6 aromatic rings. The highest BCUT2D eigenvalue weighted by Gasteiger charge is 2.26. The fourth-order valence-corrected chi connectivity index (χ4v) is 5.35. The normalized spacial score (nSPS) is 11.3. The average Bonchev–Trinajstić information content (AvgIpc) is 3.37. The van der Waals surface area contributed by atoms with Gasteiger partial charge in [0.25, 0.3) is 5.91 Å². The number of amides is 1. The van der Waals surface area contributed by atoms with Gasteiger partial charge in [-0.3, -0.25) is 14.7 Å². The van der Waals surface area contributed by atoms with Crippen molar-refractivity contribution in [2.45, 2.75) is 13.5 Å². The second kappa shape index (κ2) is 9.48. The molecule has 8 heteroatoms. The number of benzene rings is 3. The third kappa shape index (κ3) is 4.21. The molecule has 0 bridgehead atoms. The number of hydrogen-bond donors (Lipinski definition) is 0. The van der Waals surface area contributed by atoms with E-state index in [-0.39, 0.29) is 12.1 Å². The van der Waals surface area contributed by atoms with E-state index in [1.165, 1.54) is 16.2 Å². The van der Waals surface area contributed by atoms with Gasteiger partial charge in [-0.2, -0.15) is 0 Å². The van der Waals surface area contributed by atoms with Gasteiger partial charge in [-0.15, -0.1) is 0 Å². The van der Waals surface area contributed by atoms with Gasteiger partial charge in [0.15, 0.2) is 5.13 Å². The Morgan fingerprint density at radius 2 is 1.92 bits per heavy atom. The number of ether oxygens (including phenoxy) is 1. The van der Waals surface area contributed by atoms with Crippen LogP contribution in [0, 0.1) is 0 Å². The van der Waals surface area contributed by atoms with Crippen molar-refractivity contribution in [3.8, 4) is 5.75 Å². The van der Waals surface area contributed by atoms with E-state index in [4.69, 9.17) is 14.1 Å². The maximum atomic E-state index is 14.0. The zero-order chi connectivity index (χ0) is 25.4. The maximum absolute atomic E-state index is 14.0. The van der Waals surface area contributed by atoms with Gasteiger partial charge in [-0.05, 0) is 53.6 Å². The number of rotatable bonds is 6. The minimum absolute atomic E-state index is 0.0583. The molecule has 0 unspecified atom stereocenters. The molecule has 0 saturated carbocycles. The van der Waals surface area contributed by atoms with Crippen molar-refractivity contribution in [1.82, 2.24) is 9.97 Å². The van der Waals surface area contributed by atoms with E-state index < -0.39 is 11.5 Å². The molecule has 0 radical (unpaired) electrons. The van der Waals surface area contributed by atoms with Crippen LogP contribution in [0.5, 0.6) is 5.75 Å². The summed E-state index contributed by atoms with van der Waals surface area (Å²) in [5.41, 5.74) is 1.15. The van der Waals surface area contributed by atoms with Crippen LogP contribution in [0.1, 0.15) is 22.8 Å². The Bertz CT molecular complexity index is 1830. The summed E-state index contributed by atoms with van der Waals surface area (Å²) in [6.07, 6.45) is 3.36. The summed E-state index contributed by atoms with van der Waals surface area (Å²) in [4.78, 5) is 37.5. The van der Waals surface area contributed by atoms with Crippen molar-refractivity contribution in [2.24, 2.45) is 0 Å². The summed E-state index contributed by atoms with van der Waals surface area (Å²) >= 11 is 1.36. The van der Waals surface area contributed by atoms with Gasteiger partial charge in [0.2, 0.25) is 0 Å². The summed E-state index contributed by atoms with van der Waals surface area (Å²) in [6.45, 7) is 2.59. The van der Waals surface area contributed by atoms with Crippen LogP contribution >= 0.6 is 11.3 Å². The molecule has 182 valence electrons. The molecular formula is C29H21N3O4S. The van der Waals surface area contributed by atoms with Gasteiger partial charge in [-0.25, -0.2) is 9.78 Å². The summed E-state index contributed by atoms with van der Waals surface area (Å²) in [7, 11) is 0. The highest BCUT2D eigenvalue weighted by atomic mass is 32.1. The van der Waals surface area contributed by atoms with Crippen LogP contribution in [0.2, 0.25) is 0 Å². The number of carbonyl (C=O) groups is 1. The van der Waals surface area contributed by atoms with Crippen LogP contribution in [0.15, 0.2) is 94.4 Å². The second-order valence-corrected chi connectivity index (χ2v) is 9.44.